The first-order valence-corrected chi connectivity index (χ1v) is 24.9. The maximum atomic E-state index is 12.7. The van der Waals surface area contributed by atoms with Crippen LogP contribution >= 0.6 is 7.82 Å². The minimum Gasteiger partial charge on any atom is -0.457 e. The van der Waals surface area contributed by atoms with Crippen molar-refractivity contribution in [2.45, 2.75) is 200 Å². The van der Waals surface area contributed by atoms with Crippen LogP contribution in [0.2, 0.25) is 0 Å². The van der Waals surface area contributed by atoms with Crippen molar-refractivity contribution in [3.8, 4) is 0 Å². The lowest BCUT2D eigenvalue weighted by Crippen LogP contribution is -2.37. The molecule has 0 aromatic rings. The Labute approximate surface area is 352 Å². The molecule has 1 N–H and O–H groups in total. The van der Waals surface area contributed by atoms with Gasteiger partial charge in [0.25, 0.3) is 0 Å². The smallest absolute Gasteiger partial charge is 0.457 e. The molecule has 0 bridgehead atoms. The summed E-state index contributed by atoms with van der Waals surface area (Å²) in [6.07, 6.45) is 50.1. The third-order valence-corrected chi connectivity index (χ3v) is 10.9. The number of nitrogens with zero attached hydrogens (tertiary/aromatic N) is 1. The van der Waals surface area contributed by atoms with Crippen LogP contribution in [0, 0.1) is 0 Å². The van der Waals surface area contributed by atoms with Gasteiger partial charge >= 0.3 is 13.8 Å². The molecule has 0 aromatic carbocycles. The van der Waals surface area contributed by atoms with E-state index in [1.165, 1.54) is 116 Å². The van der Waals surface area contributed by atoms with E-state index in [0.717, 1.165) is 57.8 Å². The Balaban J connectivity index is 4.07. The van der Waals surface area contributed by atoms with Gasteiger partial charge in [0.1, 0.15) is 19.3 Å². The van der Waals surface area contributed by atoms with E-state index in [1.807, 2.05) is 21.1 Å². The van der Waals surface area contributed by atoms with Crippen molar-refractivity contribution < 1.29 is 37.3 Å². The summed E-state index contributed by atoms with van der Waals surface area (Å²) in [5.74, 6) is -0.316. The van der Waals surface area contributed by atoms with E-state index in [1.54, 1.807) is 0 Å². The maximum absolute atomic E-state index is 12.7. The van der Waals surface area contributed by atoms with E-state index in [-0.39, 0.29) is 25.8 Å². The van der Waals surface area contributed by atoms with Crippen molar-refractivity contribution in [2.75, 3.05) is 54.1 Å². The zero-order valence-corrected chi connectivity index (χ0v) is 38.7. The topological polar surface area (TPSA) is 91.3 Å². The second-order valence-corrected chi connectivity index (χ2v) is 18.2. The molecule has 0 spiro atoms. The first-order chi connectivity index (χ1) is 27.6. The normalized spacial score (nSPS) is 14.1. The third-order valence-electron chi connectivity index (χ3n) is 9.90. The molecule has 334 valence electrons. The standard InChI is InChI=1S/C48H90NO7P/c1-6-8-10-12-14-16-18-19-20-21-22-23-24-25-26-27-28-29-30-31-32-33-35-37-39-41-48(50)56-47(46-55-57(51,52)54-44-42-49(3,4)5)45-53-43-40-38-36-34-17-15-13-11-9-7-2/h8,10,14,16,19-20,22-23,47H,6-7,9,11-13,15,17-18,21,24-46H2,1-5H3/p+1/b10-8-,16-14-,20-19-,23-22-. The molecule has 9 heteroatoms. The van der Waals surface area contributed by atoms with Gasteiger partial charge in [0.2, 0.25) is 0 Å². The van der Waals surface area contributed by atoms with Gasteiger partial charge in [-0.15, -0.1) is 0 Å². The van der Waals surface area contributed by atoms with Gasteiger partial charge in [-0.25, -0.2) is 4.57 Å². The molecular formula is C48H91NO7P+. The number of carbonyl (C=O) groups excluding carboxylic acids is 1. The number of hydrogen-bond donors (Lipinski definition) is 1. The van der Waals surface area contributed by atoms with Gasteiger partial charge in [0, 0.05) is 13.0 Å². The summed E-state index contributed by atoms with van der Waals surface area (Å²) in [6.45, 7) is 5.51. The monoisotopic (exact) mass is 825 g/mol. The summed E-state index contributed by atoms with van der Waals surface area (Å²) >= 11 is 0. The van der Waals surface area contributed by atoms with Crippen molar-refractivity contribution in [3.63, 3.8) is 0 Å². The minimum atomic E-state index is -4.27. The minimum absolute atomic E-state index is 0.0885. The molecule has 0 fully saturated rings. The molecule has 0 amide bonds. The molecule has 0 saturated carbocycles. The number of unbranched alkanes of at least 4 members (excludes halogenated alkanes) is 21. The molecule has 0 aliphatic carbocycles. The maximum Gasteiger partial charge on any atom is 0.472 e. The van der Waals surface area contributed by atoms with E-state index in [9.17, 15) is 14.3 Å². The van der Waals surface area contributed by atoms with E-state index in [4.69, 9.17) is 18.5 Å². The summed E-state index contributed by atoms with van der Waals surface area (Å²) < 4.78 is 35.0. The quantitative estimate of drug-likeness (QED) is 0.0215. The van der Waals surface area contributed by atoms with Gasteiger partial charge in [-0.05, 0) is 51.4 Å². The average molecular weight is 825 g/mol. The summed E-state index contributed by atoms with van der Waals surface area (Å²) in [5, 5.41) is 0. The first kappa shape index (κ1) is 55.5. The summed E-state index contributed by atoms with van der Waals surface area (Å²) in [7, 11) is 1.67. The highest BCUT2D eigenvalue weighted by molar-refractivity contribution is 7.47. The summed E-state index contributed by atoms with van der Waals surface area (Å²) in [5.41, 5.74) is 0. The Bertz CT molecular complexity index is 1050. The number of esters is 1. The van der Waals surface area contributed by atoms with Crippen LogP contribution in [0.3, 0.4) is 0 Å². The number of phosphoric ester groups is 1. The fraction of sp³-hybridized carbons (Fsp3) is 0.812. The second-order valence-electron chi connectivity index (χ2n) is 16.8. The highest BCUT2D eigenvalue weighted by Gasteiger charge is 2.26. The highest BCUT2D eigenvalue weighted by atomic mass is 31.2. The summed E-state index contributed by atoms with van der Waals surface area (Å²) in [6, 6.07) is 0. The van der Waals surface area contributed by atoms with Crippen LogP contribution in [0.25, 0.3) is 0 Å². The van der Waals surface area contributed by atoms with Crippen LogP contribution in [0.15, 0.2) is 48.6 Å². The van der Waals surface area contributed by atoms with Gasteiger partial charge in [-0.3, -0.25) is 13.8 Å². The zero-order chi connectivity index (χ0) is 42.0. The Kier molecular flexibility index (Phi) is 40.1. The number of likely N-dealkylation sites (N-methyl/N-ethyl adjacent to an activating group) is 1. The van der Waals surface area contributed by atoms with E-state index >= 15 is 0 Å². The van der Waals surface area contributed by atoms with Crippen molar-refractivity contribution in [2.24, 2.45) is 0 Å². The van der Waals surface area contributed by atoms with Crippen LogP contribution in [0.5, 0.6) is 0 Å². The van der Waals surface area contributed by atoms with Gasteiger partial charge in [-0.1, -0.05) is 184 Å². The molecule has 0 aliphatic heterocycles. The molecule has 0 radical (unpaired) electrons. The predicted octanol–water partition coefficient (Wildman–Crippen LogP) is 13.9. The lowest BCUT2D eigenvalue weighted by molar-refractivity contribution is -0.870. The Morgan fingerprint density at radius 3 is 1.53 bits per heavy atom. The Hall–Kier alpha value is -1.54. The molecule has 0 saturated heterocycles. The molecule has 2 unspecified atom stereocenters. The SMILES string of the molecule is CC/C=C\C/C=C\C/C=C\C/C=C\CCCCCCCCCCCCCCC(=O)OC(COCCCCCCCCCCCC)COP(=O)(O)OCC[N+](C)(C)C. The molecule has 0 aliphatic rings. The van der Waals surface area contributed by atoms with Crippen molar-refractivity contribution in [1.82, 2.24) is 0 Å². The van der Waals surface area contributed by atoms with E-state index in [0.29, 0.717) is 24.1 Å². The molecule has 57 heavy (non-hydrogen) atoms. The van der Waals surface area contributed by atoms with Gasteiger partial charge in [0.15, 0.2) is 0 Å². The van der Waals surface area contributed by atoms with E-state index in [2.05, 4.69) is 62.5 Å². The predicted molar refractivity (Wildman–Crippen MR) is 243 cm³/mol. The second kappa shape index (κ2) is 41.2. The highest BCUT2D eigenvalue weighted by Crippen LogP contribution is 2.43. The number of allylic oxidation sites excluding steroid dienone is 8. The Morgan fingerprint density at radius 2 is 1.02 bits per heavy atom. The molecule has 2 atom stereocenters. The Morgan fingerprint density at radius 1 is 0.561 bits per heavy atom. The number of phosphoric acid groups is 1. The van der Waals surface area contributed by atoms with Crippen molar-refractivity contribution in [1.29, 1.82) is 0 Å². The summed E-state index contributed by atoms with van der Waals surface area (Å²) in [4.78, 5) is 22.9. The van der Waals surface area contributed by atoms with Crippen LogP contribution < -0.4 is 0 Å². The average Bonchev–Trinajstić information content (AvgIpc) is 3.16. The van der Waals surface area contributed by atoms with Gasteiger partial charge in [-0.2, -0.15) is 0 Å². The van der Waals surface area contributed by atoms with Crippen molar-refractivity contribution in [3.05, 3.63) is 48.6 Å². The van der Waals surface area contributed by atoms with Gasteiger partial charge in [0.05, 0.1) is 34.4 Å². The lowest BCUT2D eigenvalue weighted by atomic mass is 10.0. The van der Waals surface area contributed by atoms with Crippen LogP contribution in [-0.2, 0) is 27.9 Å². The molecule has 0 rings (SSSR count). The molecule has 0 aromatic heterocycles. The number of rotatable bonds is 43. The fourth-order valence-electron chi connectivity index (χ4n) is 6.31. The number of quaternary nitrogens is 1. The number of ether oxygens (including phenoxy) is 2. The van der Waals surface area contributed by atoms with Crippen molar-refractivity contribution >= 4 is 13.8 Å². The van der Waals surface area contributed by atoms with Gasteiger partial charge < -0.3 is 18.9 Å². The van der Waals surface area contributed by atoms with Crippen LogP contribution in [0.1, 0.15) is 194 Å². The molecule has 8 nitrogen and oxygen atoms in total. The zero-order valence-electron chi connectivity index (χ0n) is 37.8. The number of carbonyl (C=O) groups is 1. The van der Waals surface area contributed by atoms with E-state index < -0.39 is 13.9 Å². The first-order valence-electron chi connectivity index (χ1n) is 23.4. The largest absolute Gasteiger partial charge is 0.472 e. The lowest BCUT2D eigenvalue weighted by Gasteiger charge is -2.24. The fourth-order valence-corrected chi connectivity index (χ4v) is 7.05. The molecule has 0 heterocycles. The number of hydrogen-bond acceptors (Lipinski definition) is 6. The third kappa shape index (κ3) is 45.4. The molecular weight excluding hydrogens is 734 g/mol. The van der Waals surface area contributed by atoms with Crippen LogP contribution in [-0.4, -0.2) is 75.6 Å². The van der Waals surface area contributed by atoms with Crippen LogP contribution in [0.4, 0.5) is 0 Å².